The fraction of sp³-hybridized carbons (Fsp3) is 0.567. The molecule has 4 fully saturated rings. The molecule has 1 aromatic carbocycles. The lowest BCUT2D eigenvalue weighted by atomic mass is 9.82. The summed E-state index contributed by atoms with van der Waals surface area (Å²) >= 11 is 6.66. The molecule has 1 amide bonds. The number of benzene rings is 1. The number of nitrogens with zero attached hydrogens (tertiary/aromatic N) is 3. The Labute approximate surface area is 238 Å². The highest BCUT2D eigenvalue weighted by Gasteiger charge is 2.49. The number of hydrogen-bond donors (Lipinski definition) is 1. The normalized spacial score (nSPS) is 31.1. The van der Waals surface area contributed by atoms with Crippen LogP contribution in [0.5, 0.6) is 0 Å². The maximum Gasteiger partial charge on any atom is 0.410 e. The molecule has 5 heterocycles. The number of aromatic nitrogens is 1. The van der Waals surface area contributed by atoms with Gasteiger partial charge >= 0.3 is 6.09 Å². The van der Waals surface area contributed by atoms with Gasteiger partial charge in [-0.1, -0.05) is 35.9 Å². The number of amides is 1. The van der Waals surface area contributed by atoms with Crippen molar-refractivity contribution >= 4 is 29.3 Å². The van der Waals surface area contributed by atoms with Crippen LogP contribution in [0.3, 0.4) is 0 Å². The van der Waals surface area contributed by atoms with E-state index in [1.165, 1.54) is 5.56 Å². The van der Waals surface area contributed by atoms with Crippen LogP contribution in [0.2, 0.25) is 5.02 Å². The molecule has 1 saturated carbocycles. The Morgan fingerprint density at radius 3 is 2.55 bits per heavy atom. The Bertz CT molecular complexity index is 1290. The molecule has 2 aromatic rings. The Balaban J connectivity index is 0.959. The minimum absolute atomic E-state index is 0.0223. The van der Waals surface area contributed by atoms with Gasteiger partial charge in [-0.05, 0) is 56.1 Å². The van der Waals surface area contributed by atoms with Crippen LogP contribution >= 0.6 is 11.6 Å². The predicted molar refractivity (Wildman–Crippen MR) is 148 cm³/mol. The van der Waals surface area contributed by atoms with Gasteiger partial charge < -0.3 is 29.0 Å². The Kier molecular flexibility index (Phi) is 7.16. The van der Waals surface area contributed by atoms with Gasteiger partial charge in [0.2, 0.25) is 0 Å². The van der Waals surface area contributed by atoms with Crippen molar-refractivity contribution in [3.05, 3.63) is 46.6 Å². The number of ether oxygens (including phenoxy) is 4. The van der Waals surface area contributed by atoms with Gasteiger partial charge in [-0.2, -0.15) is 0 Å². The summed E-state index contributed by atoms with van der Waals surface area (Å²) < 4.78 is 23.2. The summed E-state index contributed by atoms with van der Waals surface area (Å²) in [6.45, 7) is 2.27. The molecule has 7 rings (SSSR count). The van der Waals surface area contributed by atoms with Gasteiger partial charge in [0.25, 0.3) is 0 Å². The van der Waals surface area contributed by atoms with Gasteiger partial charge in [0.05, 0.1) is 41.7 Å². The van der Waals surface area contributed by atoms with E-state index in [0.29, 0.717) is 35.6 Å². The van der Waals surface area contributed by atoms with Crippen molar-refractivity contribution in [1.82, 2.24) is 9.88 Å². The zero-order valence-corrected chi connectivity index (χ0v) is 23.1. The largest absolute Gasteiger partial charge is 0.472 e. The van der Waals surface area contributed by atoms with Crippen molar-refractivity contribution in [3.63, 3.8) is 0 Å². The lowest BCUT2D eigenvalue weighted by Crippen LogP contribution is -2.34. The lowest BCUT2D eigenvalue weighted by molar-refractivity contribution is 0.00558. The monoisotopic (exact) mass is 567 g/mol. The number of fused-ring (bicyclic) bond motifs is 2. The van der Waals surface area contributed by atoms with E-state index in [1.54, 1.807) is 0 Å². The standard InChI is InChI=1S/C30H34ClN3O6/c31-21-13-22-23(14-26(32-22)40-25-16-38-28-24(35)15-37-29(25)28)33-27(21)19-5-3-17(4-6-19)18-7-9-20(10-8-18)39-30(36)34-11-1-2-12-34/h3-6,13,18,20,24-25,28-29,35H,1-2,7-12,14-16H2/t18?,20?,24-,25-,28-,29-/m1/s1. The van der Waals surface area contributed by atoms with Gasteiger partial charge in [0, 0.05) is 18.7 Å². The fourth-order valence-corrected chi connectivity index (χ4v) is 6.85. The van der Waals surface area contributed by atoms with Crippen molar-refractivity contribution in [2.45, 2.75) is 81.4 Å². The Hall–Kier alpha value is -2.72. The van der Waals surface area contributed by atoms with Crippen LogP contribution in [0, 0.1) is 0 Å². The minimum Gasteiger partial charge on any atom is -0.472 e. The quantitative estimate of drug-likeness (QED) is 0.566. The van der Waals surface area contributed by atoms with Gasteiger partial charge in [-0.15, -0.1) is 0 Å². The first-order valence-corrected chi connectivity index (χ1v) is 14.8. The fourth-order valence-electron chi connectivity index (χ4n) is 6.60. The van der Waals surface area contributed by atoms with Crippen LogP contribution in [-0.4, -0.2) is 83.8 Å². The minimum atomic E-state index is -0.616. The number of aliphatic hydroxyl groups is 1. The van der Waals surface area contributed by atoms with Gasteiger partial charge in [0.15, 0.2) is 12.0 Å². The second-order valence-electron chi connectivity index (χ2n) is 11.5. The maximum atomic E-state index is 12.3. The number of hydrogen-bond acceptors (Lipinski definition) is 8. The number of carbonyl (C=O) groups excluding carboxylic acids is 1. The van der Waals surface area contributed by atoms with Gasteiger partial charge in [-0.25, -0.2) is 14.8 Å². The van der Waals surface area contributed by atoms with Crippen LogP contribution in [0.4, 0.5) is 10.5 Å². The van der Waals surface area contributed by atoms with Gasteiger partial charge in [-0.3, -0.25) is 0 Å². The second kappa shape index (κ2) is 10.9. The van der Waals surface area contributed by atoms with Crippen molar-refractivity contribution in [2.75, 3.05) is 26.3 Å². The third-order valence-electron chi connectivity index (χ3n) is 8.83. The summed E-state index contributed by atoms with van der Waals surface area (Å²) in [5.74, 6) is 1.02. The highest BCUT2D eigenvalue weighted by molar-refractivity contribution is 6.33. The van der Waals surface area contributed by atoms with E-state index in [9.17, 15) is 9.90 Å². The summed E-state index contributed by atoms with van der Waals surface area (Å²) in [4.78, 5) is 23.6. The Morgan fingerprint density at radius 2 is 1.77 bits per heavy atom. The molecular weight excluding hydrogens is 534 g/mol. The second-order valence-corrected chi connectivity index (χ2v) is 11.9. The summed E-state index contributed by atoms with van der Waals surface area (Å²) in [5, 5.41) is 10.5. The zero-order chi connectivity index (χ0) is 27.2. The SMILES string of the molecule is O=C(OC1CCC(c2ccc(-c3nc4c(cc3Cl)N=C(O[C@@H]3CO[C@H]5[C@@H]3OC[C@H]5O)C4)cc2)CC1)N1CCCC1. The summed E-state index contributed by atoms with van der Waals surface area (Å²) in [6, 6.07) is 10.3. The van der Waals surface area contributed by atoms with Gasteiger partial charge in [0.1, 0.15) is 24.4 Å². The van der Waals surface area contributed by atoms with Crippen LogP contribution in [-0.2, 0) is 25.4 Å². The van der Waals surface area contributed by atoms with Crippen LogP contribution in [0.25, 0.3) is 11.3 Å². The van der Waals surface area contributed by atoms with Crippen molar-refractivity contribution in [3.8, 4) is 11.3 Å². The highest BCUT2D eigenvalue weighted by Crippen LogP contribution is 2.38. The number of aliphatic imine (C=N–C) groups is 1. The number of halogens is 1. The molecule has 4 aliphatic heterocycles. The molecule has 1 aromatic heterocycles. The average Bonchev–Trinajstić information content (AvgIpc) is 3.76. The Morgan fingerprint density at radius 1 is 1.02 bits per heavy atom. The molecule has 5 aliphatic rings. The molecule has 0 bridgehead atoms. The first kappa shape index (κ1) is 26.2. The smallest absolute Gasteiger partial charge is 0.410 e. The van der Waals surface area contributed by atoms with Crippen LogP contribution in [0.1, 0.15) is 55.7 Å². The van der Waals surface area contributed by atoms with Crippen molar-refractivity contribution in [1.29, 1.82) is 0 Å². The molecule has 10 heteroatoms. The molecule has 4 atom stereocenters. The van der Waals surface area contributed by atoms with E-state index >= 15 is 0 Å². The predicted octanol–water partition coefficient (Wildman–Crippen LogP) is 4.79. The van der Waals surface area contributed by atoms with Crippen LogP contribution in [0.15, 0.2) is 35.3 Å². The summed E-state index contributed by atoms with van der Waals surface area (Å²) in [5.41, 5.74) is 4.52. The number of aliphatic hydroxyl groups excluding tert-OH is 1. The zero-order valence-electron chi connectivity index (χ0n) is 22.3. The molecule has 40 heavy (non-hydrogen) atoms. The van der Waals surface area contributed by atoms with E-state index in [2.05, 4.69) is 29.3 Å². The molecule has 0 radical (unpaired) electrons. The third-order valence-corrected chi connectivity index (χ3v) is 9.11. The van der Waals surface area contributed by atoms with E-state index in [0.717, 1.165) is 68.6 Å². The molecule has 1 aliphatic carbocycles. The average molecular weight is 568 g/mol. The number of pyridine rings is 1. The molecule has 0 spiro atoms. The van der Waals surface area contributed by atoms with Crippen LogP contribution < -0.4 is 0 Å². The third kappa shape index (κ3) is 5.09. The molecule has 3 saturated heterocycles. The van der Waals surface area contributed by atoms with E-state index < -0.39 is 6.10 Å². The van der Waals surface area contributed by atoms with E-state index in [-0.39, 0.29) is 37.1 Å². The highest BCUT2D eigenvalue weighted by atomic mass is 35.5. The van der Waals surface area contributed by atoms with E-state index in [4.69, 9.17) is 35.5 Å². The van der Waals surface area contributed by atoms with Crippen molar-refractivity contribution < 1.29 is 28.8 Å². The summed E-state index contributed by atoms with van der Waals surface area (Å²) in [7, 11) is 0. The molecule has 1 N–H and O–H groups in total. The first-order valence-electron chi connectivity index (χ1n) is 14.4. The number of likely N-dealkylation sites (tertiary alicyclic amines) is 1. The molecule has 0 unspecified atom stereocenters. The molecule has 212 valence electrons. The molecular formula is C30H34ClN3O6. The number of carbonyl (C=O) groups is 1. The lowest BCUT2D eigenvalue weighted by Gasteiger charge is -2.30. The maximum absolute atomic E-state index is 12.3. The van der Waals surface area contributed by atoms with Crippen molar-refractivity contribution in [2.24, 2.45) is 4.99 Å². The number of rotatable bonds is 4. The van der Waals surface area contributed by atoms with E-state index in [1.807, 2.05) is 11.0 Å². The first-order chi connectivity index (χ1) is 19.5. The molecule has 9 nitrogen and oxygen atoms in total. The summed E-state index contributed by atoms with van der Waals surface area (Å²) in [6.07, 6.45) is 4.77. The topological polar surface area (TPSA) is 103 Å².